The van der Waals surface area contributed by atoms with Crippen LogP contribution in [0.1, 0.15) is 86.5 Å². The van der Waals surface area contributed by atoms with Crippen LogP contribution in [-0.2, 0) is 4.74 Å². The molecular formula is C29H48O3. The number of hydrogen-bond donors (Lipinski definition) is 2. The molecule has 4 aliphatic rings. The van der Waals surface area contributed by atoms with Crippen molar-refractivity contribution in [2.45, 2.75) is 104 Å². The molecule has 0 spiro atoms. The van der Waals surface area contributed by atoms with Gasteiger partial charge in [-0.3, -0.25) is 0 Å². The fourth-order valence-corrected chi connectivity index (χ4v) is 8.40. The topological polar surface area (TPSA) is 49.7 Å². The van der Waals surface area contributed by atoms with Crippen LogP contribution in [0, 0.1) is 46.3 Å². The average molecular weight is 445 g/mol. The first-order chi connectivity index (χ1) is 15.0. The normalized spacial score (nSPS) is 48.2. The second kappa shape index (κ2) is 8.54. The van der Waals surface area contributed by atoms with Gasteiger partial charge in [0.15, 0.2) is 0 Å². The molecule has 0 amide bonds. The summed E-state index contributed by atoms with van der Waals surface area (Å²) < 4.78 is 5.92. The van der Waals surface area contributed by atoms with Gasteiger partial charge in [0.05, 0.1) is 6.10 Å². The standard InChI is InChI=1S/C29H48O3/c1-18(2)19(3)8-9-20(4)23-10-11-24-22-16-26(32-7)29(31)17-21(30)12-15-28(29,6)25(22)13-14-27(23,24)5/h8-9,16,18-21,23-26,30-31H,10-15,17H2,1-7H3/t19?,20?,21?,23?,24?,25?,26?,27-,28-,29+/m1/s1. The molecule has 2 N–H and O–H groups in total. The third-order valence-electron chi connectivity index (χ3n) is 11.0. The van der Waals surface area contributed by atoms with Crippen molar-refractivity contribution in [2.24, 2.45) is 46.3 Å². The minimum absolute atomic E-state index is 0.214. The van der Waals surface area contributed by atoms with E-state index in [0.717, 1.165) is 19.3 Å². The van der Waals surface area contributed by atoms with Crippen LogP contribution >= 0.6 is 0 Å². The lowest BCUT2D eigenvalue weighted by atomic mass is 9.45. The van der Waals surface area contributed by atoms with Crippen LogP contribution in [-0.4, -0.2) is 35.1 Å². The number of methoxy groups -OCH3 is 1. The number of ether oxygens (including phenoxy) is 1. The van der Waals surface area contributed by atoms with Gasteiger partial charge >= 0.3 is 0 Å². The van der Waals surface area contributed by atoms with E-state index in [2.05, 4.69) is 59.8 Å². The minimum Gasteiger partial charge on any atom is -0.393 e. The number of allylic oxidation sites excluding steroid dienone is 3. The Morgan fingerprint density at radius 2 is 1.72 bits per heavy atom. The molecule has 32 heavy (non-hydrogen) atoms. The Balaban J connectivity index is 1.64. The molecule has 0 aromatic heterocycles. The van der Waals surface area contributed by atoms with Gasteiger partial charge in [0.1, 0.15) is 11.7 Å². The van der Waals surface area contributed by atoms with Crippen LogP contribution in [0.4, 0.5) is 0 Å². The first kappa shape index (κ1) is 24.5. The molecule has 0 heterocycles. The molecule has 0 aromatic carbocycles. The van der Waals surface area contributed by atoms with Crippen molar-refractivity contribution in [2.75, 3.05) is 7.11 Å². The van der Waals surface area contributed by atoms with E-state index in [1.165, 1.54) is 19.3 Å². The van der Waals surface area contributed by atoms with Gasteiger partial charge in [-0.1, -0.05) is 65.3 Å². The van der Waals surface area contributed by atoms with Crippen LogP contribution in [0.25, 0.3) is 0 Å². The van der Waals surface area contributed by atoms with E-state index in [4.69, 9.17) is 4.74 Å². The number of hydrogen-bond acceptors (Lipinski definition) is 3. The zero-order valence-electron chi connectivity index (χ0n) is 21.6. The van der Waals surface area contributed by atoms with Gasteiger partial charge < -0.3 is 14.9 Å². The van der Waals surface area contributed by atoms with Gasteiger partial charge in [-0.15, -0.1) is 0 Å². The maximum absolute atomic E-state index is 11.9. The van der Waals surface area contributed by atoms with Crippen molar-refractivity contribution in [3.05, 3.63) is 23.8 Å². The van der Waals surface area contributed by atoms with E-state index in [0.29, 0.717) is 47.3 Å². The van der Waals surface area contributed by atoms with Gasteiger partial charge in [-0.2, -0.15) is 0 Å². The molecule has 3 heteroatoms. The lowest BCUT2D eigenvalue weighted by Crippen LogP contribution is -2.65. The number of aliphatic hydroxyl groups is 2. The number of fused-ring (bicyclic) bond motifs is 5. The molecule has 3 fully saturated rings. The predicted octanol–water partition coefficient (Wildman–Crippen LogP) is 6.15. The fourth-order valence-electron chi connectivity index (χ4n) is 8.40. The molecule has 0 aromatic rings. The summed E-state index contributed by atoms with van der Waals surface area (Å²) in [7, 11) is 1.73. The lowest BCUT2D eigenvalue weighted by molar-refractivity contribution is -0.216. The maximum Gasteiger partial charge on any atom is 0.105 e. The van der Waals surface area contributed by atoms with Gasteiger partial charge in [-0.05, 0) is 79.4 Å². The third kappa shape index (κ3) is 3.57. The highest BCUT2D eigenvalue weighted by Crippen LogP contribution is 2.67. The molecule has 182 valence electrons. The highest BCUT2D eigenvalue weighted by atomic mass is 16.5. The summed E-state index contributed by atoms with van der Waals surface area (Å²) in [5.41, 5.74) is 0.714. The molecule has 0 saturated heterocycles. The summed E-state index contributed by atoms with van der Waals surface area (Å²) in [5.74, 6) is 3.63. The summed E-state index contributed by atoms with van der Waals surface area (Å²) in [6, 6.07) is 0. The highest BCUT2D eigenvalue weighted by Gasteiger charge is 2.65. The van der Waals surface area contributed by atoms with E-state index in [1.807, 2.05) is 0 Å². The maximum atomic E-state index is 11.9. The first-order valence-electron chi connectivity index (χ1n) is 13.3. The zero-order chi connectivity index (χ0) is 23.5. The van der Waals surface area contributed by atoms with Crippen molar-refractivity contribution >= 4 is 0 Å². The van der Waals surface area contributed by atoms with Gasteiger partial charge in [-0.25, -0.2) is 0 Å². The van der Waals surface area contributed by atoms with Crippen molar-refractivity contribution in [1.29, 1.82) is 0 Å². The minimum atomic E-state index is -0.970. The summed E-state index contributed by atoms with van der Waals surface area (Å²) in [5, 5.41) is 22.3. The Morgan fingerprint density at radius 3 is 2.38 bits per heavy atom. The molecular weight excluding hydrogens is 396 g/mol. The summed E-state index contributed by atoms with van der Waals surface area (Å²) >= 11 is 0. The smallest absolute Gasteiger partial charge is 0.105 e. The Labute approximate surface area is 196 Å². The van der Waals surface area contributed by atoms with Gasteiger partial charge in [0.2, 0.25) is 0 Å². The first-order valence-corrected chi connectivity index (χ1v) is 13.3. The van der Waals surface area contributed by atoms with Crippen LogP contribution in [0.5, 0.6) is 0 Å². The fraction of sp³-hybridized carbons (Fsp3) is 0.862. The van der Waals surface area contributed by atoms with Gasteiger partial charge in [0.25, 0.3) is 0 Å². The number of rotatable bonds is 5. The summed E-state index contributed by atoms with van der Waals surface area (Å²) in [6.07, 6.45) is 13.6. The predicted molar refractivity (Wildman–Crippen MR) is 131 cm³/mol. The number of aliphatic hydroxyl groups excluding tert-OH is 1. The SMILES string of the molecule is COC1C=C2C3CCC(C(C)C=CC(C)C(C)C)[C@@]3(C)CCC2[C@@]2(C)CCC(O)C[C@]12O. The van der Waals surface area contributed by atoms with Crippen LogP contribution in [0.2, 0.25) is 0 Å². The van der Waals surface area contributed by atoms with Crippen molar-refractivity contribution in [1.82, 2.24) is 0 Å². The summed E-state index contributed by atoms with van der Waals surface area (Å²) in [6.45, 7) is 14.2. The molecule has 0 radical (unpaired) electrons. The lowest BCUT2D eigenvalue weighted by Gasteiger charge is -2.62. The molecule has 3 saturated carbocycles. The summed E-state index contributed by atoms with van der Waals surface area (Å²) in [4.78, 5) is 0. The van der Waals surface area contributed by atoms with Crippen molar-refractivity contribution < 1.29 is 14.9 Å². The molecule has 10 atom stereocenters. The van der Waals surface area contributed by atoms with Gasteiger partial charge in [0, 0.05) is 18.9 Å². The van der Waals surface area contributed by atoms with Crippen LogP contribution in [0.3, 0.4) is 0 Å². The second-order valence-electron chi connectivity index (χ2n) is 12.7. The molecule has 4 aliphatic carbocycles. The average Bonchev–Trinajstić information content (AvgIpc) is 3.09. The Hall–Kier alpha value is -0.640. The largest absolute Gasteiger partial charge is 0.393 e. The van der Waals surface area contributed by atoms with Crippen molar-refractivity contribution in [3.8, 4) is 0 Å². The van der Waals surface area contributed by atoms with Crippen LogP contribution < -0.4 is 0 Å². The van der Waals surface area contributed by atoms with Crippen LogP contribution in [0.15, 0.2) is 23.8 Å². The molecule has 7 unspecified atom stereocenters. The Bertz CT molecular complexity index is 756. The quantitative estimate of drug-likeness (QED) is 0.500. The monoisotopic (exact) mass is 444 g/mol. The Morgan fingerprint density at radius 1 is 1.00 bits per heavy atom. The molecule has 0 bridgehead atoms. The Kier molecular flexibility index (Phi) is 6.53. The molecule has 3 nitrogen and oxygen atoms in total. The van der Waals surface area contributed by atoms with Crippen molar-refractivity contribution in [3.63, 3.8) is 0 Å². The van der Waals surface area contributed by atoms with E-state index in [9.17, 15) is 10.2 Å². The second-order valence-corrected chi connectivity index (χ2v) is 12.7. The van der Waals surface area contributed by atoms with E-state index in [1.54, 1.807) is 12.7 Å². The molecule has 4 rings (SSSR count). The van der Waals surface area contributed by atoms with E-state index >= 15 is 0 Å². The van der Waals surface area contributed by atoms with E-state index in [-0.39, 0.29) is 11.5 Å². The third-order valence-corrected chi connectivity index (χ3v) is 11.0. The van der Waals surface area contributed by atoms with E-state index < -0.39 is 11.7 Å². The highest BCUT2D eigenvalue weighted by molar-refractivity contribution is 5.33. The zero-order valence-corrected chi connectivity index (χ0v) is 21.6. The molecule has 0 aliphatic heterocycles.